The van der Waals surface area contributed by atoms with E-state index in [0.29, 0.717) is 5.69 Å². The van der Waals surface area contributed by atoms with Crippen LogP contribution in [0, 0.1) is 15.5 Å². The molecule has 20 heavy (non-hydrogen) atoms. The molecule has 0 radical (unpaired) electrons. The fraction of sp³-hybridized carbons (Fsp3) is 0.571. The van der Waals surface area contributed by atoms with Crippen molar-refractivity contribution in [1.82, 2.24) is 4.90 Å². The standard InChI is InChI=1S/C14H20BrN3O2/c1-14(5-7-17(2)8-6-14)10-16-12-9-11(15)3-4-13(12)18(19)20/h3-4,9,16H,5-8,10H2,1-2H3. The number of hydrogen-bond donors (Lipinski definition) is 1. The fourth-order valence-corrected chi connectivity index (χ4v) is 2.81. The lowest BCUT2D eigenvalue weighted by Gasteiger charge is -2.38. The molecular weight excluding hydrogens is 322 g/mol. The summed E-state index contributed by atoms with van der Waals surface area (Å²) in [6.07, 6.45) is 2.22. The highest BCUT2D eigenvalue weighted by Crippen LogP contribution is 2.33. The third kappa shape index (κ3) is 3.70. The Kier molecular flexibility index (Phi) is 4.65. The van der Waals surface area contributed by atoms with Crippen LogP contribution < -0.4 is 5.32 Å². The summed E-state index contributed by atoms with van der Waals surface area (Å²) in [5.41, 5.74) is 0.914. The van der Waals surface area contributed by atoms with E-state index in [0.717, 1.165) is 36.9 Å². The molecule has 0 aliphatic carbocycles. The Balaban J connectivity index is 2.07. The lowest BCUT2D eigenvalue weighted by Crippen LogP contribution is -2.40. The number of benzene rings is 1. The molecule has 1 fully saturated rings. The molecule has 0 spiro atoms. The van der Waals surface area contributed by atoms with Crippen LogP contribution in [0.3, 0.4) is 0 Å². The van der Waals surface area contributed by atoms with E-state index in [-0.39, 0.29) is 16.0 Å². The van der Waals surface area contributed by atoms with Crippen LogP contribution in [0.15, 0.2) is 22.7 Å². The van der Waals surface area contributed by atoms with Crippen LogP contribution in [0.4, 0.5) is 11.4 Å². The van der Waals surface area contributed by atoms with E-state index < -0.39 is 0 Å². The monoisotopic (exact) mass is 341 g/mol. The van der Waals surface area contributed by atoms with Crippen molar-refractivity contribution >= 4 is 27.3 Å². The van der Waals surface area contributed by atoms with Crippen LogP contribution in [-0.2, 0) is 0 Å². The van der Waals surface area contributed by atoms with Crippen molar-refractivity contribution in [3.05, 3.63) is 32.8 Å². The number of halogens is 1. The molecule has 0 aromatic heterocycles. The van der Waals surface area contributed by atoms with Crippen LogP contribution >= 0.6 is 15.9 Å². The minimum absolute atomic E-state index is 0.129. The van der Waals surface area contributed by atoms with Gasteiger partial charge in [-0.15, -0.1) is 0 Å². The molecule has 0 unspecified atom stereocenters. The first-order valence-corrected chi connectivity index (χ1v) is 7.55. The van der Waals surface area contributed by atoms with E-state index in [1.54, 1.807) is 12.1 Å². The van der Waals surface area contributed by atoms with Crippen molar-refractivity contribution in [3.8, 4) is 0 Å². The number of nitrogens with zero attached hydrogens (tertiary/aromatic N) is 2. The van der Waals surface area contributed by atoms with E-state index in [9.17, 15) is 10.1 Å². The summed E-state index contributed by atoms with van der Waals surface area (Å²) in [4.78, 5) is 13.0. The van der Waals surface area contributed by atoms with Gasteiger partial charge in [-0.2, -0.15) is 0 Å². The van der Waals surface area contributed by atoms with Crippen LogP contribution in [-0.4, -0.2) is 36.5 Å². The Bertz CT molecular complexity index is 499. The number of rotatable bonds is 4. The SMILES string of the molecule is CN1CCC(C)(CNc2cc(Br)ccc2[N+](=O)[O-])CC1. The third-order valence-electron chi connectivity index (χ3n) is 4.06. The molecule has 0 saturated carbocycles. The summed E-state index contributed by atoms with van der Waals surface area (Å²) >= 11 is 3.36. The number of nitro groups is 1. The lowest BCUT2D eigenvalue weighted by molar-refractivity contribution is -0.384. The van der Waals surface area contributed by atoms with Gasteiger partial charge >= 0.3 is 0 Å². The normalized spacial score (nSPS) is 18.8. The summed E-state index contributed by atoms with van der Waals surface area (Å²) in [5, 5.41) is 14.3. The first-order chi connectivity index (χ1) is 9.39. The molecular formula is C14H20BrN3O2. The van der Waals surface area contributed by atoms with Gasteiger partial charge in [0.2, 0.25) is 0 Å². The van der Waals surface area contributed by atoms with Crippen molar-refractivity contribution in [2.45, 2.75) is 19.8 Å². The van der Waals surface area contributed by atoms with Crippen LogP contribution in [0.2, 0.25) is 0 Å². The minimum atomic E-state index is -0.342. The molecule has 6 heteroatoms. The second kappa shape index (κ2) is 6.10. The van der Waals surface area contributed by atoms with E-state index in [2.05, 4.69) is 40.1 Å². The number of nitro benzene ring substituents is 1. The minimum Gasteiger partial charge on any atom is -0.379 e. The molecule has 5 nitrogen and oxygen atoms in total. The maximum Gasteiger partial charge on any atom is 0.292 e. The molecule has 1 aromatic rings. The lowest BCUT2D eigenvalue weighted by atomic mass is 9.80. The topological polar surface area (TPSA) is 58.4 Å². The molecule has 1 heterocycles. The highest BCUT2D eigenvalue weighted by Gasteiger charge is 2.29. The second-order valence-corrected chi connectivity index (χ2v) is 6.80. The van der Waals surface area contributed by atoms with Gasteiger partial charge < -0.3 is 10.2 Å². The van der Waals surface area contributed by atoms with Gasteiger partial charge in [0.1, 0.15) is 5.69 Å². The number of hydrogen-bond acceptors (Lipinski definition) is 4. The predicted molar refractivity (Wildman–Crippen MR) is 84.1 cm³/mol. The number of likely N-dealkylation sites (tertiary alicyclic amines) is 1. The van der Waals surface area contributed by atoms with Gasteiger partial charge in [-0.1, -0.05) is 22.9 Å². The molecule has 0 amide bonds. The van der Waals surface area contributed by atoms with Crippen molar-refractivity contribution in [3.63, 3.8) is 0 Å². The number of piperidine rings is 1. The van der Waals surface area contributed by atoms with E-state index in [4.69, 9.17) is 0 Å². The second-order valence-electron chi connectivity index (χ2n) is 5.89. The van der Waals surface area contributed by atoms with Gasteiger partial charge in [-0.25, -0.2) is 0 Å². The van der Waals surface area contributed by atoms with Crippen molar-refractivity contribution < 1.29 is 4.92 Å². The summed E-state index contributed by atoms with van der Waals surface area (Å²) in [6.45, 7) is 5.17. The molecule has 1 N–H and O–H groups in total. The zero-order valence-electron chi connectivity index (χ0n) is 11.9. The Morgan fingerprint density at radius 2 is 2.10 bits per heavy atom. The molecule has 0 bridgehead atoms. The summed E-state index contributed by atoms with van der Waals surface area (Å²) in [7, 11) is 2.13. The average Bonchev–Trinajstić information content (AvgIpc) is 2.40. The molecule has 1 saturated heterocycles. The predicted octanol–water partition coefficient (Wildman–Crippen LogP) is 3.50. The maximum atomic E-state index is 11.1. The quantitative estimate of drug-likeness (QED) is 0.672. The van der Waals surface area contributed by atoms with Gasteiger partial charge in [0.25, 0.3) is 5.69 Å². The molecule has 1 aliphatic rings. The zero-order valence-corrected chi connectivity index (χ0v) is 13.4. The third-order valence-corrected chi connectivity index (χ3v) is 4.55. The van der Waals surface area contributed by atoms with Crippen LogP contribution in [0.25, 0.3) is 0 Å². The molecule has 110 valence electrons. The van der Waals surface area contributed by atoms with Gasteiger partial charge in [0.15, 0.2) is 0 Å². The maximum absolute atomic E-state index is 11.1. The van der Waals surface area contributed by atoms with Gasteiger partial charge in [0, 0.05) is 17.1 Å². The van der Waals surface area contributed by atoms with Crippen molar-refractivity contribution in [2.75, 3.05) is 32.0 Å². The Morgan fingerprint density at radius 3 is 2.70 bits per heavy atom. The highest BCUT2D eigenvalue weighted by atomic mass is 79.9. The van der Waals surface area contributed by atoms with Gasteiger partial charge in [-0.05, 0) is 50.5 Å². The van der Waals surface area contributed by atoms with E-state index in [1.807, 2.05) is 0 Å². The molecule has 1 aromatic carbocycles. The van der Waals surface area contributed by atoms with Crippen LogP contribution in [0.1, 0.15) is 19.8 Å². The largest absolute Gasteiger partial charge is 0.379 e. The number of nitrogens with one attached hydrogen (secondary N) is 1. The van der Waals surface area contributed by atoms with E-state index in [1.165, 1.54) is 6.07 Å². The summed E-state index contributed by atoms with van der Waals surface area (Å²) in [5.74, 6) is 0. The smallest absolute Gasteiger partial charge is 0.292 e. The zero-order chi connectivity index (χ0) is 14.8. The molecule has 2 rings (SSSR count). The Labute approximate surface area is 127 Å². The first kappa shape index (κ1) is 15.3. The Hall–Kier alpha value is -1.14. The fourth-order valence-electron chi connectivity index (χ4n) is 2.45. The summed E-state index contributed by atoms with van der Waals surface area (Å²) < 4.78 is 0.846. The van der Waals surface area contributed by atoms with E-state index >= 15 is 0 Å². The van der Waals surface area contributed by atoms with Gasteiger partial charge in [-0.3, -0.25) is 10.1 Å². The highest BCUT2D eigenvalue weighted by molar-refractivity contribution is 9.10. The first-order valence-electron chi connectivity index (χ1n) is 6.76. The molecule has 0 atom stereocenters. The van der Waals surface area contributed by atoms with Crippen molar-refractivity contribution in [2.24, 2.45) is 5.41 Å². The van der Waals surface area contributed by atoms with Crippen LogP contribution in [0.5, 0.6) is 0 Å². The van der Waals surface area contributed by atoms with Gasteiger partial charge in [0.05, 0.1) is 4.92 Å². The number of anilines is 1. The summed E-state index contributed by atoms with van der Waals surface area (Å²) in [6, 6.07) is 5.00. The Morgan fingerprint density at radius 1 is 1.45 bits per heavy atom. The molecule has 1 aliphatic heterocycles. The average molecular weight is 342 g/mol. The van der Waals surface area contributed by atoms with Crippen molar-refractivity contribution in [1.29, 1.82) is 0 Å².